The van der Waals surface area contributed by atoms with Gasteiger partial charge in [0.2, 0.25) is 0 Å². The predicted octanol–water partition coefficient (Wildman–Crippen LogP) is 1.94. The molecule has 1 aromatic rings. The van der Waals surface area contributed by atoms with Crippen LogP contribution in [0.5, 0.6) is 0 Å². The lowest BCUT2D eigenvalue weighted by Crippen LogP contribution is -2.64. The Morgan fingerprint density at radius 1 is 1.32 bits per heavy atom. The van der Waals surface area contributed by atoms with E-state index in [0.717, 1.165) is 45.5 Å². The molecule has 1 fully saturated rings. The third kappa shape index (κ3) is 2.31. The van der Waals surface area contributed by atoms with E-state index in [1.807, 2.05) is 0 Å². The van der Waals surface area contributed by atoms with E-state index in [9.17, 15) is 0 Å². The van der Waals surface area contributed by atoms with Gasteiger partial charge < -0.3 is 10.5 Å². The van der Waals surface area contributed by atoms with E-state index in [2.05, 4.69) is 36.1 Å². The summed E-state index contributed by atoms with van der Waals surface area (Å²) >= 11 is 0. The van der Waals surface area contributed by atoms with Gasteiger partial charge in [-0.3, -0.25) is 4.90 Å². The summed E-state index contributed by atoms with van der Waals surface area (Å²) in [6.07, 6.45) is 3.77. The molecule has 104 valence electrons. The van der Waals surface area contributed by atoms with Gasteiger partial charge >= 0.3 is 0 Å². The van der Waals surface area contributed by atoms with Crippen LogP contribution in [-0.2, 0) is 17.7 Å². The second kappa shape index (κ2) is 5.23. The number of benzene rings is 1. The molecule has 0 aromatic heterocycles. The van der Waals surface area contributed by atoms with E-state index in [4.69, 9.17) is 10.5 Å². The molecule has 3 heteroatoms. The van der Waals surface area contributed by atoms with E-state index in [0.29, 0.717) is 6.10 Å². The average molecular weight is 260 g/mol. The van der Waals surface area contributed by atoms with Gasteiger partial charge in [-0.05, 0) is 37.3 Å². The Morgan fingerprint density at radius 2 is 2.05 bits per heavy atom. The smallest absolute Gasteiger partial charge is 0.0611 e. The summed E-state index contributed by atoms with van der Waals surface area (Å²) in [5.74, 6) is 0. The molecule has 2 N–H and O–H groups in total. The molecule has 0 spiro atoms. The third-order valence-corrected chi connectivity index (χ3v) is 4.80. The van der Waals surface area contributed by atoms with Gasteiger partial charge in [-0.2, -0.15) is 0 Å². The first-order chi connectivity index (χ1) is 9.27. The summed E-state index contributed by atoms with van der Waals surface area (Å²) in [6.45, 7) is 5.81. The Hall–Kier alpha value is -0.900. The number of ether oxygens (including phenoxy) is 1. The van der Waals surface area contributed by atoms with Crippen LogP contribution in [0.3, 0.4) is 0 Å². The average Bonchev–Trinajstić information content (AvgIpc) is 2.42. The van der Waals surface area contributed by atoms with Crippen LogP contribution in [0.25, 0.3) is 0 Å². The monoisotopic (exact) mass is 260 g/mol. The van der Waals surface area contributed by atoms with E-state index in [1.54, 1.807) is 0 Å². The molecule has 1 saturated carbocycles. The fourth-order valence-electron chi connectivity index (χ4n) is 3.60. The Bertz CT molecular complexity index is 440. The molecular weight excluding hydrogens is 236 g/mol. The number of fused-ring (bicyclic) bond motifs is 1. The highest BCUT2D eigenvalue weighted by atomic mass is 16.5. The van der Waals surface area contributed by atoms with Crippen molar-refractivity contribution in [1.82, 2.24) is 4.90 Å². The summed E-state index contributed by atoms with van der Waals surface area (Å²) in [7, 11) is 0. The van der Waals surface area contributed by atoms with Crippen LogP contribution in [0.2, 0.25) is 0 Å². The highest BCUT2D eigenvalue weighted by Crippen LogP contribution is 2.41. The Morgan fingerprint density at radius 3 is 2.74 bits per heavy atom. The molecule has 1 aliphatic heterocycles. The first-order valence-electron chi connectivity index (χ1n) is 7.41. The largest absolute Gasteiger partial charge is 0.378 e. The molecule has 0 amide bonds. The molecule has 0 unspecified atom stereocenters. The molecule has 2 aliphatic rings. The molecule has 1 aliphatic carbocycles. The maximum absolute atomic E-state index is 6.08. The van der Waals surface area contributed by atoms with Gasteiger partial charge in [0.25, 0.3) is 0 Å². The molecule has 0 radical (unpaired) electrons. The first kappa shape index (κ1) is 13.1. The van der Waals surface area contributed by atoms with Crippen LogP contribution < -0.4 is 5.73 Å². The molecule has 3 nitrogen and oxygen atoms in total. The maximum Gasteiger partial charge on any atom is 0.0611 e. The summed E-state index contributed by atoms with van der Waals surface area (Å²) in [5.41, 5.74) is 9.25. The predicted molar refractivity (Wildman–Crippen MR) is 77.0 cm³/mol. The van der Waals surface area contributed by atoms with Gasteiger partial charge in [-0.1, -0.05) is 24.3 Å². The van der Waals surface area contributed by atoms with Crippen LogP contribution in [0.4, 0.5) is 0 Å². The van der Waals surface area contributed by atoms with Crippen LogP contribution in [0, 0.1) is 0 Å². The fourth-order valence-corrected chi connectivity index (χ4v) is 3.60. The second-order valence-corrected chi connectivity index (χ2v) is 5.85. The lowest BCUT2D eigenvalue weighted by Gasteiger charge is -2.54. The van der Waals surface area contributed by atoms with Gasteiger partial charge in [0.15, 0.2) is 0 Å². The van der Waals surface area contributed by atoms with Crippen molar-refractivity contribution >= 4 is 0 Å². The number of hydrogen-bond donors (Lipinski definition) is 1. The number of rotatable bonds is 4. The van der Waals surface area contributed by atoms with E-state index in [1.165, 1.54) is 11.1 Å². The minimum atomic E-state index is 0.188. The van der Waals surface area contributed by atoms with Crippen molar-refractivity contribution in [2.75, 3.05) is 19.7 Å². The lowest BCUT2D eigenvalue weighted by molar-refractivity contribution is -0.104. The number of hydrogen-bond acceptors (Lipinski definition) is 3. The van der Waals surface area contributed by atoms with Crippen molar-refractivity contribution in [3.8, 4) is 0 Å². The quantitative estimate of drug-likeness (QED) is 0.899. The SMILES string of the molecule is CCOC1CC(CN)(N2CCc3ccccc3C2)C1. The van der Waals surface area contributed by atoms with Crippen LogP contribution in [0.1, 0.15) is 30.9 Å². The molecule has 1 heterocycles. The zero-order chi connectivity index (χ0) is 13.3. The van der Waals surface area contributed by atoms with Crippen molar-refractivity contribution in [3.63, 3.8) is 0 Å². The maximum atomic E-state index is 6.08. The van der Waals surface area contributed by atoms with Crippen LogP contribution in [0.15, 0.2) is 24.3 Å². The topological polar surface area (TPSA) is 38.5 Å². The highest BCUT2D eigenvalue weighted by molar-refractivity contribution is 5.30. The van der Waals surface area contributed by atoms with E-state index >= 15 is 0 Å². The van der Waals surface area contributed by atoms with Crippen molar-refractivity contribution in [2.24, 2.45) is 5.73 Å². The summed E-state index contributed by atoms with van der Waals surface area (Å²) in [5, 5.41) is 0. The summed E-state index contributed by atoms with van der Waals surface area (Å²) < 4.78 is 5.71. The van der Waals surface area contributed by atoms with Crippen LogP contribution >= 0.6 is 0 Å². The van der Waals surface area contributed by atoms with Gasteiger partial charge in [0, 0.05) is 31.8 Å². The zero-order valence-electron chi connectivity index (χ0n) is 11.8. The lowest BCUT2D eigenvalue weighted by atomic mass is 9.72. The normalized spacial score (nSPS) is 30.7. The minimum Gasteiger partial charge on any atom is -0.378 e. The summed E-state index contributed by atoms with van der Waals surface area (Å²) in [6, 6.07) is 8.79. The number of nitrogens with two attached hydrogens (primary N) is 1. The zero-order valence-corrected chi connectivity index (χ0v) is 11.8. The van der Waals surface area contributed by atoms with Gasteiger partial charge in [-0.25, -0.2) is 0 Å². The van der Waals surface area contributed by atoms with Crippen molar-refractivity contribution in [2.45, 2.75) is 44.4 Å². The number of nitrogens with zero attached hydrogens (tertiary/aromatic N) is 1. The second-order valence-electron chi connectivity index (χ2n) is 5.85. The van der Waals surface area contributed by atoms with E-state index < -0.39 is 0 Å². The molecule has 0 atom stereocenters. The van der Waals surface area contributed by atoms with E-state index in [-0.39, 0.29) is 5.54 Å². The molecule has 0 saturated heterocycles. The first-order valence-corrected chi connectivity index (χ1v) is 7.41. The van der Waals surface area contributed by atoms with Crippen molar-refractivity contribution in [1.29, 1.82) is 0 Å². The molecule has 0 bridgehead atoms. The molecule has 3 rings (SSSR count). The minimum absolute atomic E-state index is 0.188. The van der Waals surface area contributed by atoms with Crippen LogP contribution in [-0.4, -0.2) is 36.2 Å². The Labute approximate surface area is 115 Å². The standard InChI is InChI=1S/C16H24N2O/c1-2-19-15-9-16(10-15,12-17)18-8-7-13-5-3-4-6-14(13)11-18/h3-6,15H,2,7-12,17H2,1H3. The van der Waals surface area contributed by atoms with Gasteiger partial charge in [0.1, 0.15) is 0 Å². The van der Waals surface area contributed by atoms with Gasteiger partial charge in [-0.15, -0.1) is 0 Å². The third-order valence-electron chi connectivity index (χ3n) is 4.80. The van der Waals surface area contributed by atoms with Crippen molar-refractivity contribution < 1.29 is 4.74 Å². The Kier molecular flexibility index (Phi) is 3.61. The van der Waals surface area contributed by atoms with Gasteiger partial charge in [0.05, 0.1) is 6.10 Å². The van der Waals surface area contributed by atoms with Crippen molar-refractivity contribution in [3.05, 3.63) is 35.4 Å². The summed E-state index contributed by atoms with van der Waals surface area (Å²) in [4.78, 5) is 2.59. The highest BCUT2D eigenvalue weighted by Gasteiger charge is 2.48. The molecule has 1 aromatic carbocycles. The molecule has 19 heavy (non-hydrogen) atoms. The molecular formula is C16H24N2O. The Balaban J connectivity index is 1.70. The fraction of sp³-hybridized carbons (Fsp3) is 0.625.